The molecule has 0 aliphatic heterocycles. The lowest BCUT2D eigenvalue weighted by atomic mass is 9.95. The first-order valence-electron chi connectivity index (χ1n) is 6.29. The Labute approximate surface area is 97.5 Å². The molecule has 2 rings (SSSR count). The van der Waals surface area contributed by atoms with Crippen LogP contribution in [0, 0.1) is 5.41 Å². The molecule has 1 aliphatic rings. The number of hydrogen-bond donors (Lipinski definition) is 1. The van der Waals surface area contributed by atoms with Crippen molar-refractivity contribution in [3.63, 3.8) is 0 Å². The average Bonchev–Trinajstić information content (AvgIpc) is 2.89. The van der Waals surface area contributed by atoms with Crippen molar-refractivity contribution >= 4 is 0 Å². The Morgan fingerprint density at radius 1 is 1.50 bits per heavy atom. The molecule has 2 unspecified atom stereocenters. The Morgan fingerprint density at radius 3 is 2.69 bits per heavy atom. The molecule has 1 aromatic heterocycles. The third kappa shape index (κ3) is 2.14. The van der Waals surface area contributed by atoms with E-state index in [2.05, 4.69) is 31.2 Å². The largest absolute Gasteiger partial charge is 0.393 e. The maximum atomic E-state index is 9.73. The zero-order chi connectivity index (χ0) is 11.8. The molecule has 1 saturated carbocycles. The van der Waals surface area contributed by atoms with Crippen molar-refractivity contribution < 1.29 is 5.11 Å². The van der Waals surface area contributed by atoms with Gasteiger partial charge in [-0.2, -0.15) is 5.10 Å². The van der Waals surface area contributed by atoms with E-state index in [0.717, 1.165) is 31.4 Å². The number of nitrogens with zero attached hydrogens (tertiary/aromatic N) is 2. The Morgan fingerprint density at radius 2 is 2.19 bits per heavy atom. The van der Waals surface area contributed by atoms with Crippen molar-refractivity contribution in [3.05, 3.63) is 18.0 Å². The van der Waals surface area contributed by atoms with Crippen LogP contribution in [-0.4, -0.2) is 21.0 Å². The van der Waals surface area contributed by atoms with Crippen molar-refractivity contribution in [1.82, 2.24) is 9.78 Å². The van der Waals surface area contributed by atoms with Crippen LogP contribution in [0.5, 0.6) is 0 Å². The number of rotatable bonds is 5. The molecular weight excluding hydrogens is 200 g/mol. The number of hydrogen-bond acceptors (Lipinski definition) is 2. The zero-order valence-electron chi connectivity index (χ0n) is 10.5. The molecule has 1 fully saturated rings. The Hall–Kier alpha value is -0.830. The minimum atomic E-state index is -0.207. The lowest BCUT2D eigenvalue weighted by Gasteiger charge is -2.16. The molecule has 3 nitrogen and oxygen atoms in total. The van der Waals surface area contributed by atoms with Crippen LogP contribution >= 0.6 is 0 Å². The van der Waals surface area contributed by atoms with Gasteiger partial charge in [0.15, 0.2) is 0 Å². The van der Waals surface area contributed by atoms with Gasteiger partial charge in [0.05, 0.1) is 11.8 Å². The molecule has 16 heavy (non-hydrogen) atoms. The standard InChI is InChI=1S/C13H22N2O/c1-4-10(2)15-8-5-12(14-15)9-13(6-7-13)11(3)16/h5,8,10-11,16H,4,6-7,9H2,1-3H3. The summed E-state index contributed by atoms with van der Waals surface area (Å²) in [5, 5.41) is 14.3. The minimum Gasteiger partial charge on any atom is -0.393 e. The molecule has 0 bridgehead atoms. The number of aliphatic hydroxyl groups is 1. The highest BCUT2D eigenvalue weighted by Gasteiger charge is 2.47. The summed E-state index contributed by atoms with van der Waals surface area (Å²) < 4.78 is 2.04. The van der Waals surface area contributed by atoms with Crippen molar-refractivity contribution in [3.8, 4) is 0 Å². The smallest absolute Gasteiger partial charge is 0.0631 e. The van der Waals surface area contributed by atoms with Gasteiger partial charge in [0.2, 0.25) is 0 Å². The van der Waals surface area contributed by atoms with Crippen LogP contribution in [0.4, 0.5) is 0 Å². The highest BCUT2D eigenvalue weighted by Crippen LogP contribution is 2.51. The first-order valence-corrected chi connectivity index (χ1v) is 6.29. The summed E-state index contributed by atoms with van der Waals surface area (Å²) >= 11 is 0. The van der Waals surface area contributed by atoms with Gasteiger partial charge >= 0.3 is 0 Å². The average molecular weight is 222 g/mol. The van der Waals surface area contributed by atoms with Gasteiger partial charge < -0.3 is 5.11 Å². The second-order valence-electron chi connectivity index (χ2n) is 5.26. The van der Waals surface area contributed by atoms with Crippen LogP contribution in [0.1, 0.15) is 51.8 Å². The SMILES string of the molecule is CCC(C)n1ccc(CC2(C(C)O)CC2)n1. The van der Waals surface area contributed by atoms with E-state index in [1.807, 2.05) is 11.6 Å². The van der Waals surface area contributed by atoms with E-state index in [-0.39, 0.29) is 11.5 Å². The fourth-order valence-corrected chi connectivity index (χ4v) is 2.17. The first-order chi connectivity index (χ1) is 7.57. The zero-order valence-corrected chi connectivity index (χ0v) is 10.5. The quantitative estimate of drug-likeness (QED) is 0.831. The summed E-state index contributed by atoms with van der Waals surface area (Å²) in [4.78, 5) is 0. The topological polar surface area (TPSA) is 38.0 Å². The van der Waals surface area contributed by atoms with Gasteiger partial charge in [0, 0.05) is 17.7 Å². The summed E-state index contributed by atoms with van der Waals surface area (Å²) in [6, 6.07) is 2.56. The second-order valence-corrected chi connectivity index (χ2v) is 5.26. The van der Waals surface area contributed by atoms with Crippen molar-refractivity contribution in [2.45, 2.75) is 58.6 Å². The van der Waals surface area contributed by atoms with E-state index in [4.69, 9.17) is 0 Å². The molecule has 0 spiro atoms. The Bertz CT molecular complexity index is 353. The molecule has 1 aromatic rings. The van der Waals surface area contributed by atoms with Gasteiger partial charge in [-0.1, -0.05) is 6.92 Å². The lowest BCUT2D eigenvalue weighted by molar-refractivity contribution is 0.109. The van der Waals surface area contributed by atoms with Gasteiger partial charge in [0.25, 0.3) is 0 Å². The lowest BCUT2D eigenvalue weighted by Crippen LogP contribution is -2.21. The van der Waals surface area contributed by atoms with Gasteiger partial charge in [0.1, 0.15) is 0 Å². The third-order valence-electron chi connectivity index (χ3n) is 4.02. The summed E-state index contributed by atoms with van der Waals surface area (Å²) in [5.74, 6) is 0. The fourth-order valence-electron chi connectivity index (χ4n) is 2.17. The van der Waals surface area contributed by atoms with Crippen LogP contribution < -0.4 is 0 Å². The second kappa shape index (κ2) is 4.21. The monoisotopic (exact) mass is 222 g/mol. The number of aromatic nitrogens is 2. The van der Waals surface area contributed by atoms with Crippen molar-refractivity contribution in [2.24, 2.45) is 5.41 Å². The normalized spacial score (nSPS) is 21.8. The highest BCUT2D eigenvalue weighted by molar-refractivity contribution is 5.10. The first kappa shape index (κ1) is 11.6. The Balaban J connectivity index is 2.03. The highest BCUT2D eigenvalue weighted by atomic mass is 16.3. The fraction of sp³-hybridized carbons (Fsp3) is 0.769. The third-order valence-corrected chi connectivity index (χ3v) is 4.02. The van der Waals surface area contributed by atoms with E-state index < -0.39 is 0 Å². The van der Waals surface area contributed by atoms with E-state index in [9.17, 15) is 5.11 Å². The van der Waals surface area contributed by atoms with Crippen LogP contribution in [0.3, 0.4) is 0 Å². The molecular formula is C13H22N2O. The van der Waals surface area contributed by atoms with E-state index >= 15 is 0 Å². The summed E-state index contributed by atoms with van der Waals surface area (Å²) in [6.45, 7) is 6.25. The maximum Gasteiger partial charge on any atom is 0.0631 e. The predicted molar refractivity (Wildman–Crippen MR) is 64.3 cm³/mol. The van der Waals surface area contributed by atoms with Crippen LogP contribution in [0.2, 0.25) is 0 Å². The van der Waals surface area contributed by atoms with Gasteiger partial charge in [-0.3, -0.25) is 4.68 Å². The number of aliphatic hydroxyl groups excluding tert-OH is 1. The molecule has 1 aliphatic carbocycles. The molecule has 0 saturated heterocycles. The van der Waals surface area contributed by atoms with E-state index in [1.54, 1.807) is 0 Å². The molecule has 0 radical (unpaired) electrons. The molecule has 2 atom stereocenters. The molecule has 1 heterocycles. The molecule has 0 aromatic carbocycles. The predicted octanol–water partition coefficient (Wildman–Crippen LogP) is 2.56. The van der Waals surface area contributed by atoms with Crippen molar-refractivity contribution in [1.29, 1.82) is 0 Å². The van der Waals surface area contributed by atoms with Crippen LogP contribution in [-0.2, 0) is 6.42 Å². The van der Waals surface area contributed by atoms with Crippen LogP contribution in [0.15, 0.2) is 12.3 Å². The van der Waals surface area contributed by atoms with E-state index in [1.165, 1.54) is 0 Å². The van der Waals surface area contributed by atoms with Gasteiger partial charge in [-0.05, 0) is 45.6 Å². The molecule has 90 valence electrons. The molecule has 3 heteroatoms. The molecule has 1 N–H and O–H groups in total. The van der Waals surface area contributed by atoms with Crippen molar-refractivity contribution in [2.75, 3.05) is 0 Å². The van der Waals surface area contributed by atoms with Crippen LogP contribution in [0.25, 0.3) is 0 Å². The van der Waals surface area contributed by atoms with E-state index in [0.29, 0.717) is 6.04 Å². The molecule has 0 amide bonds. The van der Waals surface area contributed by atoms with Gasteiger partial charge in [-0.15, -0.1) is 0 Å². The maximum absolute atomic E-state index is 9.73. The Kier molecular flexibility index (Phi) is 3.06. The minimum absolute atomic E-state index is 0.134. The van der Waals surface area contributed by atoms with Gasteiger partial charge in [-0.25, -0.2) is 0 Å². The summed E-state index contributed by atoms with van der Waals surface area (Å²) in [7, 11) is 0. The summed E-state index contributed by atoms with van der Waals surface area (Å²) in [6.07, 6.45) is 6.15. The summed E-state index contributed by atoms with van der Waals surface area (Å²) in [5.41, 5.74) is 1.26.